The van der Waals surface area contributed by atoms with Gasteiger partial charge in [-0.25, -0.2) is 9.18 Å². The Kier molecular flexibility index (Phi) is 4.35. The average Bonchev–Trinajstić information content (AvgIpc) is 3.06. The molecule has 1 N–H and O–H groups in total. The molecule has 1 saturated heterocycles. The van der Waals surface area contributed by atoms with Crippen molar-refractivity contribution in [1.29, 1.82) is 0 Å². The molecule has 1 atom stereocenters. The minimum Gasteiger partial charge on any atom is -0.378 e. The van der Waals surface area contributed by atoms with Crippen LogP contribution in [0.15, 0.2) is 24.3 Å². The van der Waals surface area contributed by atoms with Gasteiger partial charge in [0, 0.05) is 37.7 Å². The van der Waals surface area contributed by atoms with Crippen molar-refractivity contribution in [3.8, 4) is 11.4 Å². The van der Waals surface area contributed by atoms with Crippen LogP contribution < -0.4 is 5.32 Å². The molecule has 2 aromatic rings. The van der Waals surface area contributed by atoms with E-state index in [0.717, 1.165) is 24.2 Å². The molecule has 1 aromatic carbocycles. The fraction of sp³-hybridized carbons (Fsp3) is 0.471. The molecular weight excluding hydrogens is 325 g/mol. The van der Waals surface area contributed by atoms with Crippen LogP contribution in [0.3, 0.4) is 0 Å². The maximum atomic E-state index is 13.1. The van der Waals surface area contributed by atoms with Crippen molar-refractivity contribution >= 4 is 6.03 Å². The number of hydrogen-bond donors (Lipinski definition) is 1. The normalized spacial score (nSPS) is 20.2. The Labute approximate surface area is 144 Å². The molecule has 132 valence electrons. The molecule has 2 amide bonds. The van der Waals surface area contributed by atoms with Crippen LogP contribution in [-0.4, -0.2) is 58.0 Å². The zero-order valence-electron chi connectivity index (χ0n) is 13.8. The largest absolute Gasteiger partial charge is 0.378 e. The molecule has 0 bridgehead atoms. The summed E-state index contributed by atoms with van der Waals surface area (Å²) in [7, 11) is 0. The molecule has 0 spiro atoms. The summed E-state index contributed by atoms with van der Waals surface area (Å²) >= 11 is 0. The highest BCUT2D eigenvalue weighted by atomic mass is 19.1. The number of aromatic nitrogens is 3. The third-order valence-corrected chi connectivity index (χ3v) is 4.68. The number of carbonyl (C=O) groups excluding carboxylic acids is 1. The molecule has 25 heavy (non-hydrogen) atoms. The summed E-state index contributed by atoms with van der Waals surface area (Å²) in [5, 5.41) is 11.6. The van der Waals surface area contributed by atoms with Crippen molar-refractivity contribution in [2.45, 2.75) is 25.4 Å². The van der Waals surface area contributed by atoms with E-state index in [9.17, 15) is 9.18 Å². The number of hydrogen-bond acceptors (Lipinski definition) is 4. The smallest absolute Gasteiger partial charge is 0.317 e. The minimum atomic E-state index is -0.280. The summed E-state index contributed by atoms with van der Waals surface area (Å²) in [6.07, 6.45) is 1.58. The maximum Gasteiger partial charge on any atom is 0.317 e. The molecule has 4 rings (SSSR count). The van der Waals surface area contributed by atoms with Crippen LogP contribution in [0.2, 0.25) is 0 Å². The number of carbonyl (C=O) groups is 1. The van der Waals surface area contributed by atoms with Crippen LogP contribution in [-0.2, 0) is 17.7 Å². The molecule has 3 heterocycles. The highest BCUT2D eigenvalue weighted by molar-refractivity contribution is 5.74. The van der Waals surface area contributed by atoms with Gasteiger partial charge in [-0.2, -0.15) is 0 Å². The Balaban J connectivity index is 1.48. The van der Waals surface area contributed by atoms with Gasteiger partial charge in [-0.1, -0.05) is 0 Å². The van der Waals surface area contributed by atoms with Crippen molar-refractivity contribution in [2.75, 3.05) is 26.3 Å². The molecule has 2 aliphatic heterocycles. The molecule has 7 nitrogen and oxygen atoms in total. The number of morpholine rings is 1. The van der Waals surface area contributed by atoms with Gasteiger partial charge in [0.2, 0.25) is 0 Å². The number of aryl methyl sites for hydroxylation is 1. The molecular formula is C17H20FN5O2. The Hall–Kier alpha value is -2.48. The molecule has 8 heteroatoms. The second-order valence-electron chi connectivity index (χ2n) is 6.34. The number of rotatable bonds is 2. The van der Waals surface area contributed by atoms with Crippen molar-refractivity contribution in [1.82, 2.24) is 25.0 Å². The van der Waals surface area contributed by atoms with E-state index in [4.69, 9.17) is 4.74 Å². The molecule has 2 aliphatic rings. The SMILES string of the molecule is O=C(NC1CCc2nnc(-c3ccc(F)cc3)n2C1)N1CCOCC1. The first-order valence-corrected chi connectivity index (χ1v) is 8.52. The standard InChI is InChI=1S/C17H20FN5O2/c18-13-3-1-12(2-4-13)16-21-20-15-6-5-14(11-23(15)16)19-17(24)22-7-9-25-10-8-22/h1-4,14H,5-11H2,(H,19,24). The number of benzene rings is 1. The lowest BCUT2D eigenvalue weighted by Gasteiger charge is -2.31. The topological polar surface area (TPSA) is 72.3 Å². The van der Waals surface area contributed by atoms with E-state index >= 15 is 0 Å². The van der Waals surface area contributed by atoms with Crippen LogP contribution >= 0.6 is 0 Å². The van der Waals surface area contributed by atoms with E-state index in [1.807, 2.05) is 4.57 Å². The van der Waals surface area contributed by atoms with Crippen LogP contribution in [0.25, 0.3) is 11.4 Å². The van der Waals surface area contributed by atoms with Crippen molar-refractivity contribution in [2.24, 2.45) is 0 Å². The van der Waals surface area contributed by atoms with Crippen molar-refractivity contribution < 1.29 is 13.9 Å². The van der Waals surface area contributed by atoms with Gasteiger partial charge in [0.1, 0.15) is 11.6 Å². The second kappa shape index (κ2) is 6.79. The molecule has 1 unspecified atom stereocenters. The number of nitrogens with one attached hydrogen (secondary N) is 1. The third-order valence-electron chi connectivity index (χ3n) is 4.68. The zero-order chi connectivity index (χ0) is 17.2. The zero-order valence-corrected chi connectivity index (χ0v) is 13.8. The quantitative estimate of drug-likeness (QED) is 0.894. The first kappa shape index (κ1) is 16.0. The van der Waals surface area contributed by atoms with Crippen LogP contribution in [0, 0.1) is 5.82 Å². The predicted molar refractivity (Wildman–Crippen MR) is 88.4 cm³/mol. The first-order chi connectivity index (χ1) is 12.2. The number of nitrogens with zero attached hydrogens (tertiary/aromatic N) is 4. The van der Waals surface area contributed by atoms with Gasteiger partial charge < -0.3 is 19.5 Å². The van der Waals surface area contributed by atoms with Crippen LogP contribution in [0.4, 0.5) is 9.18 Å². The van der Waals surface area contributed by atoms with Gasteiger partial charge in [-0.3, -0.25) is 0 Å². The summed E-state index contributed by atoms with van der Waals surface area (Å²) in [6.45, 7) is 3.03. The lowest BCUT2D eigenvalue weighted by molar-refractivity contribution is 0.0521. The van der Waals surface area contributed by atoms with Gasteiger partial charge in [0.05, 0.1) is 13.2 Å². The molecule has 1 fully saturated rings. The molecule has 0 saturated carbocycles. The average molecular weight is 345 g/mol. The maximum absolute atomic E-state index is 13.1. The van der Waals surface area contributed by atoms with E-state index in [1.165, 1.54) is 12.1 Å². The van der Waals surface area contributed by atoms with E-state index in [0.29, 0.717) is 38.7 Å². The van der Waals surface area contributed by atoms with Gasteiger partial charge in [-0.05, 0) is 30.7 Å². The van der Waals surface area contributed by atoms with E-state index in [1.54, 1.807) is 17.0 Å². The number of urea groups is 1. The lowest BCUT2D eigenvalue weighted by atomic mass is 10.1. The summed E-state index contributed by atoms with van der Waals surface area (Å²) in [5.41, 5.74) is 0.820. The number of ether oxygens (including phenoxy) is 1. The fourth-order valence-electron chi connectivity index (χ4n) is 3.29. The van der Waals surface area contributed by atoms with Gasteiger partial charge >= 0.3 is 6.03 Å². The summed E-state index contributed by atoms with van der Waals surface area (Å²) < 4.78 is 20.4. The summed E-state index contributed by atoms with van der Waals surface area (Å²) in [4.78, 5) is 14.2. The second-order valence-corrected chi connectivity index (χ2v) is 6.34. The molecule has 0 aliphatic carbocycles. The highest BCUT2D eigenvalue weighted by Crippen LogP contribution is 2.23. The van der Waals surface area contributed by atoms with Gasteiger partial charge in [0.25, 0.3) is 0 Å². The van der Waals surface area contributed by atoms with E-state index in [2.05, 4.69) is 15.5 Å². The molecule has 1 aromatic heterocycles. The van der Waals surface area contributed by atoms with Crippen LogP contribution in [0.1, 0.15) is 12.2 Å². The van der Waals surface area contributed by atoms with E-state index < -0.39 is 0 Å². The third kappa shape index (κ3) is 3.34. The highest BCUT2D eigenvalue weighted by Gasteiger charge is 2.26. The summed E-state index contributed by atoms with van der Waals surface area (Å²) in [6, 6.07) is 6.20. The van der Waals surface area contributed by atoms with Gasteiger partial charge in [-0.15, -0.1) is 10.2 Å². The van der Waals surface area contributed by atoms with Crippen molar-refractivity contribution in [3.63, 3.8) is 0 Å². The predicted octanol–water partition coefficient (Wildman–Crippen LogP) is 1.44. The number of fused-ring (bicyclic) bond motifs is 1. The number of halogens is 1. The number of amides is 2. The van der Waals surface area contributed by atoms with Crippen LogP contribution in [0.5, 0.6) is 0 Å². The monoisotopic (exact) mass is 345 g/mol. The van der Waals surface area contributed by atoms with Crippen molar-refractivity contribution in [3.05, 3.63) is 35.9 Å². The summed E-state index contributed by atoms with van der Waals surface area (Å²) in [5.74, 6) is 1.33. The Morgan fingerprint density at radius 3 is 2.72 bits per heavy atom. The first-order valence-electron chi connectivity index (χ1n) is 8.52. The van der Waals surface area contributed by atoms with Gasteiger partial charge in [0.15, 0.2) is 5.82 Å². The lowest BCUT2D eigenvalue weighted by Crippen LogP contribution is -2.51. The Morgan fingerprint density at radius 2 is 1.96 bits per heavy atom. The Bertz CT molecular complexity index is 755. The minimum absolute atomic E-state index is 0.0260. The Morgan fingerprint density at radius 1 is 1.20 bits per heavy atom. The van der Waals surface area contributed by atoms with E-state index in [-0.39, 0.29) is 17.9 Å². The molecule has 0 radical (unpaired) electrons. The fourth-order valence-corrected chi connectivity index (χ4v) is 3.29.